The van der Waals surface area contributed by atoms with Crippen LogP contribution in [0.5, 0.6) is 0 Å². The van der Waals surface area contributed by atoms with Crippen LogP contribution in [-0.4, -0.2) is 119 Å². The Labute approximate surface area is 211 Å². The standard InChI is InChI=1S/C24H54N2O6Si2/c1-7-27-33(28-8-2,29-9-3)23-13-15-25-17-20-26(21-18-25,22-19-25)16-14-24-34(30-10-4,31-11-5)32-12-6/h7-24H2,1-6H3/q+2. The highest BCUT2D eigenvalue weighted by Gasteiger charge is 2.50. The fourth-order valence-electron chi connectivity index (χ4n) is 5.88. The Morgan fingerprint density at radius 1 is 0.441 bits per heavy atom. The lowest BCUT2D eigenvalue weighted by molar-refractivity contribution is -1.08. The zero-order valence-electron chi connectivity index (χ0n) is 23.1. The number of hydrogen-bond acceptors (Lipinski definition) is 6. The van der Waals surface area contributed by atoms with E-state index in [9.17, 15) is 0 Å². The molecule has 3 rings (SSSR count). The Morgan fingerprint density at radius 2 is 0.676 bits per heavy atom. The summed E-state index contributed by atoms with van der Waals surface area (Å²) in [5, 5.41) is 0. The van der Waals surface area contributed by atoms with E-state index in [4.69, 9.17) is 26.6 Å². The molecule has 10 heteroatoms. The van der Waals surface area contributed by atoms with Gasteiger partial charge in [0.1, 0.15) is 39.3 Å². The third-order valence-electron chi connectivity index (χ3n) is 7.56. The van der Waals surface area contributed by atoms with E-state index < -0.39 is 17.6 Å². The lowest BCUT2D eigenvalue weighted by Crippen LogP contribution is -2.75. The molecule has 202 valence electrons. The van der Waals surface area contributed by atoms with Crippen LogP contribution >= 0.6 is 0 Å². The van der Waals surface area contributed by atoms with Gasteiger partial charge in [0.25, 0.3) is 0 Å². The minimum Gasteiger partial charge on any atom is -0.374 e. The number of rotatable bonds is 20. The van der Waals surface area contributed by atoms with E-state index >= 15 is 0 Å². The van der Waals surface area contributed by atoms with Gasteiger partial charge in [0, 0.05) is 64.6 Å². The maximum Gasteiger partial charge on any atom is 0.501 e. The van der Waals surface area contributed by atoms with Gasteiger partial charge >= 0.3 is 17.6 Å². The van der Waals surface area contributed by atoms with Crippen molar-refractivity contribution < 1.29 is 35.5 Å². The summed E-state index contributed by atoms with van der Waals surface area (Å²) in [6, 6.07) is 1.86. The maximum absolute atomic E-state index is 6.07. The van der Waals surface area contributed by atoms with Crippen LogP contribution in [0.3, 0.4) is 0 Å². The molecule has 34 heavy (non-hydrogen) atoms. The molecular formula is C24H54N2O6Si2+2. The molecule has 3 fully saturated rings. The highest BCUT2D eigenvalue weighted by Crippen LogP contribution is 2.30. The molecule has 0 spiro atoms. The van der Waals surface area contributed by atoms with Crippen molar-refractivity contribution in [3.05, 3.63) is 0 Å². The van der Waals surface area contributed by atoms with Crippen molar-refractivity contribution in [2.75, 3.05) is 92.0 Å². The van der Waals surface area contributed by atoms with Crippen molar-refractivity contribution >= 4 is 17.6 Å². The molecule has 0 aliphatic carbocycles. The number of piperazine rings is 3. The molecular weight excluding hydrogens is 468 g/mol. The zero-order valence-corrected chi connectivity index (χ0v) is 25.1. The number of quaternary nitrogens is 2. The van der Waals surface area contributed by atoms with Crippen LogP contribution in [0.1, 0.15) is 54.4 Å². The molecule has 0 atom stereocenters. The van der Waals surface area contributed by atoms with Gasteiger partial charge in [-0.15, -0.1) is 0 Å². The van der Waals surface area contributed by atoms with E-state index in [-0.39, 0.29) is 0 Å². The summed E-state index contributed by atoms with van der Waals surface area (Å²) < 4.78 is 39.0. The second-order valence-corrected chi connectivity index (χ2v) is 15.1. The van der Waals surface area contributed by atoms with Gasteiger partial charge < -0.3 is 35.5 Å². The Hall–Kier alpha value is 0.114. The first-order valence-electron chi connectivity index (χ1n) is 13.9. The van der Waals surface area contributed by atoms with Crippen LogP contribution in [-0.2, 0) is 26.6 Å². The average Bonchev–Trinajstić information content (AvgIpc) is 2.81. The summed E-state index contributed by atoms with van der Waals surface area (Å²) in [5.41, 5.74) is 0. The molecule has 0 radical (unpaired) electrons. The third-order valence-corrected chi connectivity index (χ3v) is 13.9. The average molecular weight is 523 g/mol. The SMILES string of the molecule is CCO[Si](CCC[N+]12CC[N+](CCC[Si](OCC)(OCC)OCC)(CC1)CC2)(OCC)OCC. The topological polar surface area (TPSA) is 55.4 Å². The van der Waals surface area contributed by atoms with Gasteiger partial charge in [0.2, 0.25) is 0 Å². The first-order valence-corrected chi connectivity index (χ1v) is 17.8. The first-order chi connectivity index (χ1) is 16.4. The molecule has 0 aromatic carbocycles. The second kappa shape index (κ2) is 14.8. The largest absolute Gasteiger partial charge is 0.501 e. The fraction of sp³-hybridized carbons (Fsp3) is 1.00. The molecule has 3 heterocycles. The predicted octanol–water partition coefficient (Wildman–Crippen LogP) is 3.52. The molecule has 3 saturated heterocycles. The molecule has 8 nitrogen and oxygen atoms in total. The van der Waals surface area contributed by atoms with Crippen molar-refractivity contribution in [2.24, 2.45) is 0 Å². The van der Waals surface area contributed by atoms with Gasteiger partial charge in [-0.05, 0) is 41.5 Å². The Morgan fingerprint density at radius 3 is 0.882 bits per heavy atom. The zero-order chi connectivity index (χ0) is 25.0. The van der Waals surface area contributed by atoms with Crippen LogP contribution in [0.25, 0.3) is 0 Å². The number of nitrogens with zero attached hydrogens (tertiary/aromatic N) is 2. The van der Waals surface area contributed by atoms with Gasteiger partial charge in [-0.1, -0.05) is 0 Å². The molecule has 0 N–H and O–H groups in total. The molecule has 0 amide bonds. The van der Waals surface area contributed by atoms with Gasteiger partial charge in [0.15, 0.2) is 0 Å². The highest BCUT2D eigenvalue weighted by molar-refractivity contribution is 6.61. The minimum atomic E-state index is -2.53. The normalized spacial score (nSPS) is 25.2. The molecule has 3 aliphatic heterocycles. The van der Waals surface area contributed by atoms with Gasteiger partial charge in [-0.3, -0.25) is 0 Å². The van der Waals surface area contributed by atoms with E-state index in [1.54, 1.807) is 0 Å². The Bertz CT molecular complexity index is 465. The van der Waals surface area contributed by atoms with E-state index in [1.165, 1.54) is 61.3 Å². The van der Waals surface area contributed by atoms with Crippen molar-refractivity contribution in [1.82, 2.24) is 0 Å². The van der Waals surface area contributed by atoms with Crippen LogP contribution in [0, 0.1) is 0 Å². The number of hydrogen-bond donors (Lipinski definition) is 0. The Kier molecular flexibility index (Phi) is 13.2. The van der Waals surface area contributed by atoms with Crippen LogP contribution in [0.4, 0.5) is 0 Å². The summed E-state index contributed by atoms with van der Waals surface area (Å²) in [5.74, 6) is 0. The van der Waals surface area contributed by atoms with Crippen LogP contribution in [0.2, 0.25) is 12.1 Å². The number of fused-ring (bicyclic) bond motifs is 3. The molecule has 3 aliphatic rings. The molecule has 0 aromatic rings. The van der Waals surface area contributed by atoms with E-state index in [1.807, 2.05) is 41.5 Å². The van der Waals surface area contributed by atoms with Crippen LogP contribution < -0.4 is 0 Å². The lowest BCUT2D eigenvalue weighted by atomic mass is 10.1. The molecule has 2 bridgehead atoms. The molecule has 0 saturated carbocycles. The monoisotopic (exact) mass is 522 g/mol. The van der Waals surface area contributed by atoms with Crippen molar-refractivity contribution in [1.29, 1.82) is 0 Å². The maximum atomic E-state index is 6.07. The van der Waals surface area contributed by atoms with Crippen LogP contribution in [0.15, 0.2) is 0 Å². The smallest absolute Gasteiger partial charge is 0.374 e. The lowest BCUT2D eigenvalue weighted by Gasteiger charge is -2.56. The highest BCUT2D eigenvalue weighted by atomic mass is 28.4. The Balaban J connectivity index is 1.85. The summed E-state index contributed by atoms with van der Waals surface area (Å²) in [4.78, 5) is 0. The molecule has 0 unspecified atom stereocenters. The fourth-order valence-corrected chi connectivity index (χ4v) is 11.1. The quantitative estimate of drug-likeness (QED) is 0.180. The van der Waals surface area contributed by atoms with Crippen molar-refractivity contribution in [3.8, 4) is 0 Å². The van der Waals surface area contributed by atoms with Gasteiger partial charge in [0.05, 0.1) is 13.1 Å². The summed E-state index contributed by atoms with van der Waals surface area (Å²) in [7, 11) is -5.06. The molecule has 0 aromatic heterocycles. The predicted molar refractivity (Wildman–Crippen MR) is 140 cm³/mol. The minimum absolute atomic E-state index is 0.659. The third kappa shape index (κ3) is 8.32. The van der Waals surface area contributed by atoms with Gasteiger partial charge in [-0.2, -0.15) is 0 Å². The second-order valence-electron chi connectivity index (χ2n) is 9.64. The first kappa shape index (κ1) is 30.3. The van der Waals surface area contributed by atoms with Crippen molar-refractivity contribution in [3.63, 3.8) is 0 Å². The van der Waals surface area contributed by atoms with E-state index in [0.717, 1.165) is 24.9 Å². The summed E-state index contributed by atoms with van der Waals surface area (Å²) in [6.07, 6.45) is 2.24. The van der Waals surface area contributed by atoms with E-state index in [2.05, 4.69) is 0 Å². The van der Waals surface area contributed by atoms with Crippen molar-refractivity contribution in [2.45, 2.75) is 66.5 Å². The summed E-state index contributed by atoms with van der Waals surface area (Å²) in [6.45, 7) is 26.4. The van der Waals surface area contributed by atoms with E-state index in [0.29, 0.717) is 39.6 Å². The summed E-state index contributed by atoms with van der Waals surface area (Å²) >= 11 is 0. The van der Waals surface area contributed by atoms with Gasteiger partial charge in [-0.25, -0.2) is 0 Å².